The Labute approximate surface area is 111 Å². The van der Waals surface area contributed by atoms with Crippen molar-refractivity contribution < 1.29 is 4.79 Å². The second kappa shape index (κ2) is 5.07. The van der Waals surface area contributed by atoms with E-state index in [1.165, 1.54) is 0 Å². The Hall–Kier alpha value is -2.41. The highest BCUT2D eigenvalue weighted by atomic mass is 35.5. The fraction of sp³-hybridized carbons (Fsp3) is 0.0909. The number of amides is 1. The van der Waals surface area contributed by atoms with E-state index in [9.17, 15) is 14.4 Å². The Balaban J connectivity index is 2.34. The van der Waals surface area contributed by atoms with Crippen molar-refractivity contribution in [2.75, 3.05) is 5.32 Å². The number of carbonyl (C=O) groups excluding carboxylic acids is 1. The van der Waals surface area contributed by atoms with Crippen molar-refractivity contribution in [1.82, 2.24) is 15.2 Å². The van der Waals surface area contributed by atoms with Crippen molar-refractivity contribution >= 4 is 23.2 Å². The van der Waals surface area contributed by atoms with Gasteiger partial charge in [-0.2, -0.15) is 5.10 Å². The largest absolute Gasteiger partial charge is 0.342 e. The molecule has 0 atom stereocenters. The quantitative estimate of drug-likeness (QED) is 0.751. The highest BCUT2D eigenvalue weighted by Gasteiger charge is 2.14. The van der Waals surface area contributed by atoms with Crippen LogP contribution in [0.25, 0.3) is 0 Å². The van der Waals surface area contributed by atoms with Crippen molar-refractivity contribution in [3.8, 4) is 0 Å². The maximum atomic E-state index is 11.9. The Bertz CT molecular complexity index is 750. The number of hydrogen-bond acceptors (Lipinski definition) is 4. The maximum absolute atomic E-state index is 11.9. The van der Waals surface area contributed by atoms with Crippen LogP contribution in [0.2, 0.25) is 5.02 Å². The van der Waals surface area contributed by atoms with Gasteiger partial charge in [0, 0.05) is 10.7 Å². The summed E-state index contributed by atoms with van der Waals surface area (Å²) in [4.78, 5) is 36.0. The molecule has 1 aromatic carbocycles. The summed E-state index contributed by atoms with van der Waals surface area (Å²) in [7, 11) is 0. The maximum Gasteiger partial charge on any atom is 0.342 e. The highest BCUT2D eigenvalue weighted by molar-refractivity contribution is 6.31. The number of nitrogens with zero attached hydrogens (tertiary/aromatic N) is 1. The van der Waals surface area contributed by atoms with E-state index in [2.05, 4.69) is 10.4 Å². The van der Waals surface area contributed by atoms with E-state index in [-0.39, 0.29) is 0 Å². The highest BCUT2D eigenvalue weighted by Crippen LogP contribution is 2.22. The fourth-order valence-corrected chi connectivity index (χ4v) is 1.60. The van der Waals surface area contributed by atoms with Gasteiger partial charge in [0.1, 0.15) is 0 Å². The van der Waals surface area contributed by atoms with Crippen molar-refractivity contribution in [3.63, 3.8) is 0 Å². The first-order valence-electron chi connectivity index (χ1n) is 5.24. The molecule has 7 nitrogen and oxygen atoms in total. The molecule has 0 fully saturated rings. The topological polar surface area (TPSA) is 108 Å². The van der Waals surface area contributed by atoms with Gasteiger partial charge in [0.05, 0.1) is 0 Å². The average molecular weight is 281 g/mol. The van der Waals surface area contributed by atoms with Crippen molar-refractivity contribution in [1.29, 1.82) is 0 Å². The molecule has 2 aromatic rings. The zero-order valence-electron chi connectivity index (χ0n) is 9.78. The molecular formula is C11H9ClN4O3. The van der Waals surface area contributed by atoms with Crippen molar-refractivity contribution in [3.05, 3.63) is 55.3 Å². The Morgan fingerprint density at radius 3 is 2.79 bits per heavy atom. The molecule has 0 aliphatic heterocycles. The van der Waals surface area contributed by atoms with Crippen LogP contribution in [-0.2, 0) is 0 Å². The van der Waals surface area contributed by atoms with Gasteiger partial charge < -0.3 is 5.32 Å². The molecule has 3 N–H and O–H groups in total. The van der Waals surface area contributed by atoms with E-state index in [0.717, 1.165) is 0 Å². The number of carbonyl (C=O) groups is 1. The Morgan fingerprint density at radius 2 is 2.11 bits per heavy atom. The lowest BCUT2D eigenvalue weighted by atomic mass is 10.2. The molecule has 1 aromatic heterocycles. The van der Waals surface area contributed by atoms with E-state index in [0.29, 0.717) is 16.3 Å². The molecule has 19 heavy (non-hydrogen) atoms. The predicted molar refractivity (Wildman–Crippen MR) is 69.6 cm³/mol. The monoisotopic (exact) mass is 280 g/mol. The van der Waals surface area contributed by atoms with Gasteiger partial charge in [-0.15, -0.1) is 0 Å². The third-order valence-electron chi connectivity index (χ3n) is 2.44. The molecule has 0 bridgehead atoms. The number of anilines is 1. The number of nitrogens with one attached hydrogen (secondary N) is 3. The van der Waals surface area contributed by atoms with E-state index in [4.69, 9.17) is 11.6 Å². The Morgan fingerprint density at radius 1 is 1.37 bits per heavy atom. The van der Waals surface area contributed by atoms with Crippen LogP contribution < -0.4 is 16.6 Å². The lowest BCUT2D eigenvalue weighted by molar-refractivity contribution is 0.101. The molecular weight excluding hydrogens is 272 g/mol. The van der Waals surface area contributed by atoms with Gasteiger partial charge in [-0.1, -0.05) is 17.7 Å². The molecule has 0 unspecified atom stereocenters. The molecule has 8 heteroatoms. The van der Waals surface area contributed by atoms with Crippen LogP contribution in [0.4, 0.5) is 5.69 Å². The summed E-state index contributed by atoms with van der Waals surface area (Å²) < 4.78 is 0. The fourth-order valence-electron chi connectivity index (χ4n) is 1.43. The molecule has 0 saturated heterocycles. The van der Waals surface area contributed by atoms with Gasteiger partial charge in [-0.05, 0) is 24.6 Å². The van der Waals surface area contributed by atoms with Crippen LogP contribution in [0.5, 0.6) is 0 Å². The van der Waals surface area contributed by atoms with Gasteiger partial charge in [-0.25, -0.2) is 9.89 Å². The number of aromatic amines is 2. The smallest absolute Gasteiger partial charge is 0.320 e. The molecule has 1 amide bonds. The predicted octanol–water partition coefficient (Wildman–Crippen LogP) is 0.672. The Kier molecular flexibility index (Phi) is 3.48. The van der Waals surface area contributed by atoms with Crippen LogP contribution in [0, 0.1) is 6.92 Å². The van der Waals surface area contributed by atoms with Crippen LogP contribution in [0.1, 0.15) is 16.1 Å². The summed E-state index contributed by atoms with van der Waals surface area (Å²) in [6, 6.07) is 4.98. The summed E-state index contributed by atoms with van der Waals surface area (Å²) in [5, 5.41) is 8.37. The third-order valence-corrected chi connectivity index (χ3v) is 2.85. The number of hydrogen-bond donors (Lipinski definition) is 3. The minimum Gasteiger partial charge on any atom is -0.320 e. The number of aromatic nitrogens is 3. The van der Waals surface area contributed by atoms with E-state index in [1.54, 1.807) is 25.1 Å². The second-order valence-electron chi connectivity index (χ2n) is 3.72. The lowest BCUT2D eigenvalue weighted by Gasteiger charge is -2.08. The molecule has 0 saturated carbocycles. The summed E-state index contributed by atoms with van der Waals surface area (Å²) in [5.41, 5.74) is -0.941. The number of halogens is 1. The first-order chi connectivity index (χ1) is 8.99. The van der Waals surface area contributed by atoms with E-state index >= 15 is 0 Å². The van der Waals surface area contributed by atoms with E-state index in [1.807, 2.05) is 10.1 Å². The zero-order chi connectivity index (χ0) is 14.0. The molecule has 0 aliphatic rings. The summed E-state index contributed by atoms with van der Waals surface area (Å²) >= 11 is 5.91. The van der Waals surface area contributed by atoms with Gasteiger partial charge in [0.15, 0.2) is 0 Å². The molecule has 0 aliphatic carbocycles. The molecule has 1 heterocycles. The van der Waals surface area contributed by atoms with Crippen LogP contribution >= 0.6 is 11.6 Å². The standard InChI is InChI=1S/C11H9ClN4O3/c1-5-6(12)3-2-4-7(5)13-9(17)8-10(18)14-11(19)16-15-8/h2-4H,1H3,(H,13,17)(H2,14,16,18,19). The second-order valence-corrected chi connectivity index (χ2v) is 4.13. The summed E-state index contributed by atoms with van der Waals surface area (Å²) in [5.74, 6) is -0.733. The minimum absolute atomic E-state index is 0.432. The van der Waals surface area contributed by atoms with Gasteiger partial charge >= 0.3 is 5.69 Å². The summed E-state index contributed by atoms with van der Waals surface area (Å²) in [6.07, 6.45) is 0. The molecule has 2 rings (SSSR count). The normalized spacial score (nSPS) is 10.2. The third kappa shape index (κ3) is 2.71. The first-order valence-corrected chi connectivity index (χ1v) is 5.62. The first kappa shape index (κ1) is 13.0. The lowest BCUT2D eigenvalue weighted by Crippen LogP contribution is -2.32. The average Bonchev–Trinajstić information content (AvgIpc) is 2.34. The summed E-state index contributed by atoms with van der Waals surface area (Å²) in [6.45, 7) is 1.72. The molecule has 0 radical (unpaired) electrons. The molecule has 98 valence electrons. The SMILES string of the molecule is Cc1c(Cl)cccc1NC(=O)c1n[nH]c(=O)[nH]c1=O. The minimum atomic E-state index is -0.860. The van der Waals surface area contributed by atoms with Crippen molar-refractivity contribution in [2.45, 2.75) is 6.92 Å². The van der Waals surface area contributed by atoms with Crippen LogP contribution in [0.3, 0.4) is 0 Å². The van der Waals surface area contributed by atoms with Gasteiger partial charge in [-0.3, -0.25) is 14.6 Å². The zero-order valence-corrected chi connectivity index (χ0v) is 10.5. The van der Waals surface area contributed by atoms with Crippen LogP contribution in [0.15, 0.2) is 27.8 Å². The van der Waals surface area contributed by atoms with Crippen molar-refractivity contribution in [2.24, 2.45) is 0 Å². The van der Waals surface area contributed by atoms with Crippen LogP contribution in [-0.4, -0.2) is 21.1 Å². The number of H-pyrrole nitrogens is 2. The number of benzene rings is 1. The molecule has 0 spiro atoms. The van der Waals surface area contributed by atoms with Gasteiger partial charge in [0.25, 0.3) is 11.5 Å². The van der Waals surface area contributed by atoms with E-state index < -0.39 is 22.9 Å². The number of rotatable bonds is 2. The van der Waals surface area contributed by atoms with Gasteiger partial charge in [0.2, 0.25) is 5.69 Å².